The summed E-state index contributed by atoms with van der Waals surface area (Å²) in [5.41, 5.74) is 2.80. The molecule has 0 bridgehead atoms. The van der Waals surface area contributed by atoms with E-state index in [1.54, 1.807) is 38.5 Å². The Bertz CT molecular complexity index is 1350. The minimum Gasteiger partial charge on any atom is -0.493 e. The summed E-state index contributed by atoms with van der Waals surface area (Å²) >= 11 is 0. The van der Waals surface area contributed by atoms with Crippen LogP contribution in [-0.2, 0) is 6.61 Å². The second kappa shape index (κ2) is 9.88. The van der Waals surface area contributed by atoms with Crippen LogP contribution >= 0.6 is 0 Å². The van der Waals surface area contributed by atoms with Crippen LogP contribution in [0.2, 0.25) is 0 Å². The molecule has 0 atom stereocenters. The van der Waals surface area contributed by atoms with Gasteiger partial charge in [-0.05, 0) is 64.4 Å². The summed E-state index contributed by atoms with van der Waals surface area (Å²) in [5.74, 6) is 1.47. The molecule has 0 aliphatic carbocycles. The SMILES string of the molecule is COc1ccc(/C(C#N)=C/c2c(OCc3ccc(F)cc3)ccc3ccccc23)cc1OC. The zero-order chi connectivity index (χ0) is 23.2. The Morgan fingerprint density at radius 1 is 0.879 bits per heavy atom. The van der Waals surface area contributed by atoms with E-state index < -0.39 is 0 Å². The quantitative estimate of drug-likeness (QED) is 0.239. The molecular weight excluding hydrogens is 417 g/mol. The molecule has 0 spiro atoms. The van der Waals surface area contributed by atoms with E-state index in [4.69, 9.17) is 14.2 Å². The van der Waals surface area contributed by atoms with Crippen molar-refractivity contribution in [3.63, 3.8) is 0 Å². The molecule has 4 rings (SSSR count). The Morgan fingerprint density at radius 2 is 1.61 bits per heavy atom. The van der Waals surface area contributed by atoms with Crippen molar-refractivity contribution in [2.45, 2.75) is 6.61 Å². The van der Waals surface area contributed by atoms with Gasteiger partial charge in [-0.3, -0.25) is 0 Å². The highest BCUT2D eigenvalue weighted by atomic mass is 19.1. The number of nitriles is 1. The molecule has 0 amide bonds. The van der Waals surface area contributed by atoms with Crippen LogP contribution in [0.3, 0.4) is 0 Å². The minimum atomic E-state index is -0.290. The second-order valence-corrected chi connectivity index (χ2v) is 7.35. The summed E-state index contributed by atoms with van der Waals surface area (Å²) in [5, 5.41) is 12.0. The van der Waals surface area contributed by atoms with Gasteiger partial charge in [0.2, 0.25) is 0 Å². The van der Waals surface area contributed by atoms with E-state index >= 15 is 0 Å². The summed E-state index contributed by atoms with van der Waals surface area (Å²) in [6.45, 7) is 0.276. The largest absolute Gasteiger partial charge is 0.493 e. The summed E-state index contributed by atoms with van der Waals surface area (Å²) in [6, 6.07) is 25.7. The maximum atomic E-state index is 13.2. The summed E-state index contributed by atoms with van der Waals surface area (Å²) in [6.07, 6.45) is 1.82. The molecule has 0 N–H and O–H groups in total. The minimum absolute atomic E-state index is 0.276. The number of nitrogens with zero attached hydrogens (tertiary/aromatic N) is 1. The van der Waals surface area contributed by atoms with Crippen LogP contribution in [0.25, 0.3) is 22.4 Å². The average molecular weight is 439 g/mol. The lowest BCUT2D eigenvalue weighted by Crippen LogP contribution is -1.98. The molecular formula is C28H22FNO3. The maximum Gasteiger partial charge on any atom is 0.161 e. The number of rotatable bonds is 7. The molecule has 0 heterocycles. The summed E-state index contributed by atoms with van der Waals surface area (Å²) < 4.78 is 30.1. The van der Waals surface area contributed by atoms with Gasteiger partial charge in [0.25, 0.3) is 0 Å². The predicted octanol–water partition coefficient (Wildman–Crippen LogP) is 6.64. The zero-order valence-electron chi connectivity index (χ0n) is 18.3. The van der Waals surface area contributed by atoms with Crippen LogP contribution in [0.15, 0.2) is 78.9 Å². The molecule has 5 heteroatoms. The van der Waals surface area contributed by atoms with Crippen molar-refractivity contribution < 1.29 is 18.6 Å². The maximum absolute atomic E-state index is 13.2. The number of hydrogen-bond acceptors (Lipinski definition) is 4. The molecule has 4 aromatic carbocycles. The first kappa shape index (κ1) is 21.9. The fourth-order valence-corrected chi connectivity index (χ4v) is 3.62. The fraction of sp³-hybridized carbons (Fsp3) is 0.107. The van der Waals surface area contributed by atoms with Gasteiger partial charge >= 0.3 is 0 Å². The van der Waals surface area contributed by atoms with Crippen molar-refractivity contribution in [1.82, 2.24) is 0 Å². The van der Waals surface area contributed by atoms with E-state index in [2.05, 4.69) is 6.07 Å². The molecule has 33 heavy (non-hydrogen) atoms. The Kier molecular flexibility index (Phi) is 6.56. The van der Waals surface area contributed by atoms with E-state index in [9.17, 15) is 9.65 Å². The van der Waals surface area contributed by atoms with Crippen molar-refractivity contribution in [1.29, 1.82) is 5.26 Å². The fourth-order valence-electron chi connectivity index (χ4n) is 3.62. The molecule has 0 saturated carbocycles. The van der Waals surface area contributed by atoms with Gasteiger partial charge in [-0.2, -0.15) is 5.26 Å². The first-order chi connectivity index (χ1) is 16.1. The van der Waals surface area contributed by atoms with E-state index in [0.29, 0.717) is 28.4 Å². The van der Waals surface area contributed by atoms with Gasteiger partial charge in [0, 0.05) is 5.56 Å². The van der Waals surface area contributed by atoms with Crippen molar-refractivity contribution >= 4 is 22.4 Å². The number of benzene rings is 4. The Labute approximate surface area is 192 Å². The van der Waals surface area contributed by atoms with Crippen LogP contribution in [0, 0.1) is 17.1 Å². The predicted molar refractivity (Wildman–Crippen MR) is 128 cm³/mol. The van der Waals surface area contributed by atoms with Crippen LogP contribution in [-0.4, -0.2) is 14.2 Å². The van der Waals surface area contributed by atoms with E-state index in [1.165, 1.54) is 12.1 Å². The molecule has 0 aliphatic heterocycles. The molecule has 0 aromatic heterocycles. The number of fused-ring (bicyclic) bond motifs is 1. The third kappa shape index (κ3) is 4.81. The second-order valence-electron chi connectivity index (χ2n) is 7.35. The molecule has 0 aliphatic rings. The third-order valence-electron chi connectivity index (χ3n) is 5.34. The average Bonchev–Trinajstić information content (AvgIpc) is 2.86. The molecule has 0 unspecified atom stereocenters. The van der Waals surface area contributed by atoms with Crippen molar-refractivity contribution in [2.75, 3.05) is 14.2 Å². The van der Waals surface area contributed by atoms with Crippen molar-refractivity contribution in [3.8, 4) is 23.3 Å². The van der Waals surface area contributed by atoms with Gasteiger partial charge in [-0.1, -0.05) is 42.5 Å². The van der Waals surface area contributed by atoms with Crippen LogP contribution in [0.4, 0.5) is 4.39 Å². The number of methoxy groups -OCH3 is 2. The molecule has 4 nitrogen and oxygen atoms in total. The summed E-state index contributed by atoms with van der Waals surface area (Å²) in [7, 11) is 3.13. The molecule has 0 fully saturated rings. The highest BCUT2D eigenvalue weighted by molar-refractivity contribution is 6.00. The number of ether oxygens (including phenoxy) is 3. The van der Waals surface area contributed by atoms with Gasteiger partial charge in [0.05, 0.1) is 25.9 Å². The van der Waals surface area contributed by atoms with Gasteiger partial charge in [-0.25, -0.2) is 4.39 Å². The first-order valence-corrected chi connectivity index (χ1v) is 10.4. The van der Waals surface area contributed by atoms with Crippen LogP contribution in [0.5, 0.6) is 17.2 Å². The monoisotopic (exact) mass is 439 g/mol. The summed E-state index contributed by atoms with van der Waals surface area (Å²) in [4.78, 5) is 0. The highest BCUT2D eigenvalue weighted by Crippen LogP contribution is 2.35. The smallest absolute Gasteiger partial charge is 0.161 e. The van der Waals surface area contributed by atoms with E-state index in [1.807, 2.05) is 48.5 Å². The van der Waals surface area contributed by atoms with Crippen LogP contribution < -0.4 is 14.2 Å². The topological polar surface area (TPSA) is 51.5 Å². The lowest BCUT2D eigenvalue weighted by atomic mass is 9.98. The molecule has 0 saturated heterocycles. The number of hydrogen-bond donors (Lipinski definition) is 0. The molecule has 0 radical (unpaired) electrons. The Morgan fingerprint density at radius 3 is 2.33 bits per heavy atom. The highest BCUT2D eigenvalue weighted by Gasteiger charge is 2.12. The zero-order valence-corrected chi connectivity index (χ0v) is 18.3. The standard InChI is InChI=1S/C28H22FNO3/c1-31-27-14-10-21(16-28(27)32-2)22(17-30)15-25-24-6-4-3-5-20(24)9-13-26(25)33-18-19-7-11-23(29)12-8-19/h3-16H,18H2,1-2H3/b22-15+. The molecule has 164 valence electrons. The van der Waals surface area contributed by atoms with Gasteiger partial charge in [0.1, 0.15) is 18.2 Å². The number of halogens is 1. The first-order valence-electron chi connectivity index (χ1n) is 10.4. The van der Waals surface area contributed by atoms with E-state index in [-0.39, 0.29) is 12.4 Å². The Balaban J connectivity index is 1.78. The van der Waals surface area contributed by atoms with Gasteiger partial charge in [-0.15, -0.1) is 0 Å². The lowest BCUT2D eigenvalue weighted by Gasteiger charge is -2.13. The van der Waals surface area contributed by atoms with Gasteiger partial charge in [0.15, 0.2) is 11.5 Å². The Hall–Kier alpha value is -4.30. The lowest BCUT2D eigenvalue weighted by molar-refractivity contribution is 0.306. The van der Waals surface area contributed by atoms with Gasteiger partial charge < -0.3 is 14.2 Å². The van der Waals surface area contributed by atoms with E-state index in [0.717, 1.165) is 21.9 Å². The normalized spacial score (nSPS) is 11.2. The molecule has 4 aromatic rings. The third-order valence-corrected chi connectivity index (χ3v) is 5.34. The number of allylic oxidation sites excluding steroid dienone is 1. The van der Waals surface area contributed by atoms with Crippen LogP contribution in [0.1, 0.15) is 16.7 Å². The van der Waals surface area contributed by atoms with Crippen molar-refractivity contribution in [3.05, 3.63) is 101 Å². The van der Waals surface area contributed by atoms with Crippen molar-refractivity contribution in [2.24, 2.45) is 0 Å².